The summed E-state index contributed by atoms with van der Waals surface area (Å²) in [5.74, 6) is 0.409. The number of carbonyl (C=O) groups is 1. The van der Waals surface area contributed by atoms with Crippen LogP contribution in [-0.4, -0.2) is 44.5 Å². The summed E-state index contributed by atoms with van der Waals surface area (Å²) in [5.41, 5.74) is -1.01. The molecule has 7 nitrogen and oxygen atoms in total. The molecule has 35 heavy (non-hydrogen) atoms. The zero-order valence-corrected chi connectivity index (χ0v) is 20.3. The second-order valence-corrected chi connectivity index (χ2v) is 10.5. The van der Waals surface area contributed by atoms with Crippen LogP contribution in [0.5, 0.6) is 0 Å². The normalized spacial score (nSPS) is 21.6. The second-order valence-electron chi connectivity index (χ2n) is 10.5. The Balaban J connectivity index is 1.56. The smallest absolute Gasteiger partial charge is 0.416 e. The van der Waals surface area contributed by atoms with Crippen molar-refractivity contribution in [2.24, 2.45) is 5.92 Å². The molecule has 1 aromatic heterocycles. The van der Waals surface area contributed by atoms with Gasteiger partial charge in [0.05, 0.1) is 11.7 Å². The van der Waals surface area contributed by atoms with Crippen LogP contribution in [0.4, 0.5) is 18.0 Å². The molecule has 1 aromatic carbocycles. The van der Waals surface area contributed by atoms with Crippen LogP contribution in [0.3, 0.4) is 0 Å². The second kappa shape index (κ2) is 9.79. The van der Waals surface area contributed by atoms with Crippen molar-refractivity contribution in [1.29, 1.82) is 0 Å². The molecule has 1 aliphatic carbocycles. The number of halogens is 3. The van der Waals surface area contributed by atoms with Crippen molar-refractivity contribution in [2.45, 2.75) is 89.6 Å². The third-order valence-corrected chi connectivity index (χ3v) is 6.66. The molecule has 0 spiro atoms. The van der Waals surface area contributed by atoms with Crippen LogP contribution in [0, 0.1) is 5.92 Å². The zero-order valence-electron chi connectivity index (χ0n) is 20.3. The highest BCUT2D eigenvalue weighted by Gasteiger charge is 2.43. The Bertz CT molecular complexity index is 1040. The number of amides is 1. The summed E-state index contributed by atoms with van der Waals surface area (Å²) in [4.78, 5) is 18.1. The van der Waals surface area contributed by atoms with Gasteiger partial charge < -0.3 is 14.4 Å². The highest BCUT2D eigenvalue weighted by molar-refractivity contribution is 5.69. The molecule has 1 amide bonds. The monoisotopic (exact) mass is 495 g/mol. The molecule has 1 saturated heterocycles. The van der Waals surface area contributed by atoms with Crippen LogP contribution in [0.2, 0.25) is 0 Å². The van der Waals surface area contributed by atoms with E-state index < -0.39 is 35.6 Å². The van der Waals surface area contributed by atoms with Gasteiger partial charge >= 0.3 is 12.3 Å². The molecule has 0 bridgehead atoms. The molecule has 0 radical (unpaired) electrons. The van der Waals surface area contributed by atoms with E-state index >= 15 is 0 Å². The van der Waals surface area contributed by atoms with Gasteiger partial charge in [-0.3, -0.25) is 4.90 Å². The quantitative estimate of drug-likeness (QED) is 0.554. The number of alkyl halides is 3. The molecular weight excluding hydrogens is 463 g/mol. The lowest BCUT2D eigenvalue weighted by atomic mass is 9.94. The fourth-order valence-electron chi connectivity index (χ4n) is 4.93. The van der Waals surface area contributed by atoms with Crippen molar-refractivity contribution in [3.63, 3.8) is 0 Å². The van der Waals surface area contributed by atoms with E-state index in [-0.39, 0.29) is 35.8 Å². The Morgan fingerprint density at radius 3 is 2.57 bits per heavy atom. The maximum Gasteiger partial charge on any atom is 0.416 e. The van der Waals surface area contributed by atoms with Crippen molar-refractivity contribution in [3.8, 4) is 11.4 Å². The molecule has 2 fully saturated rings. The molecule has 2 aliphatic rings. The number of aliphatic hydroxyl groups is 1. The Labute approximate surface area is 202 Å². The Morgan fingerprint density at radius 1 is 1.20 bits per heavy atom. The fourth-order valence-corrected chi connectivity index (χ4v) is 4.93. The molecule has 2 atom stereocenters. The average Bonchev–Trinajstić information content (AvgIpc) is 3.51. The zero-order chi connectivity index (χ0) is 25.4. The van der Waals surface area contributed by atoms with Gasteiger partial charge in [0.15, 0.2) is 0 Å². The number of aryl methyl sites for hydroxylation is 1. The van der Waals surface area contributed by atoms with Gasteiger partial charge in [-0.05, 0) is 57.6 Å². The van der Waals surface area contributed by atoms with E-state index in [0.717, 1.165) is 38.2 Å². The fraction of sp³-hybridized carbons (Fsp3) is 0.640. The molecule has 1 saturated carbocycles. The van der Waals surface area contributed by atoms with Crippen LogP contribution in [0.25, 0.3) is 11.4 Å². The minimum Gasteiger partial charge on any atom is -0.444 e. The summed E-state index contributed by atoms with van der Waals surface area (Å²) in [6.45, 7) is 5.42. The first kappa shape index (κ1) is 25.5. The number of nitrogens with zero attached hydrogens (tertiary/aromatic N) is 3. The number of hydrogen-bond acceptors (Lipinski definition) is 6. The number of carbonyl (C=O) groups excluding carboxylic acids is 1. The summed E-state index contributed by atoms with van der Waals surface area (Å²) < 4.78 is 52.3. The molecule has 1 aliphatic heterocycles. The first-order valence-corrected chi connectivity index (χ1v) is 12.1. The highest BCUT2D eigenvalue weighted by atomic mass is 19.4. The number of hydrogen-bond donors (Lipinski definition) is 1. The third-order valence-electron chi connectivity index (χ3n) is 6.66. The predicted molar refractivity (Wildman–Crippen MR) is 121 cm³/mol. The molecule has 192 valence electrons. The number of benzene rings is 1. The van der Waals surface area contributed by atoms with Crippen LogP contribution >= 0.6 is 0 Å². The molecule has 4 rings (SSSR count). The van der Waals surface area contributed by atoms with Gasteiger partial charge in [-0.15, -0.1) is 0 Å². The van der Waals surface area contributed by atoms with Gasteiger partial charge in [-0.25, -0.2) is 4.79 Å². The summed E-state index contributed by atoms with van der Waals surface area (Å²) in [7, 11) is 0. The molecule has 2 aromatic rings. The van der Waals surface area contributed by atoms with Gasteiger partial charge in [0, 0.05) is 12.1 Å². The van der Waals surface area contributed by atoms with Crippen molar-refractivity contribution in [2.75, 3.05) is 6.54 Å². The first-order valence-electron chi connectivity index (χ1n) is 12.1. The molecule has 10 heteroatoms. The van der Waals surface area contributed by atoms with Crippen molar-refractivity contribution in [3.05, 3.63) is 35.2 Å². The van der Waals surface area contributed by atoms with Crippen LogP contribution < -0.4 is 0 Å². The maximum absolute atomic E-state index is 13.9. The number of likely N-dealkylation sites (tertiary alicyclic amines) is 1. The molecular formula is C25H32F3N3O4. The summed E-state index contributed by atoms with van der Waals surface area (Å²) >= 11 is 0. The largest absolute Gasteiger partial charge is 0.444 e. The van der Waals surface area contributed by atoms with Gasteiger partial charge in [-0.1, -0.05) is 43.0 Å². The molecule has 2 heterocycles. The van der Waals surface area contributed by atoms with Crippen molar-refractivity contribution < 1.29 is 32.3 Å². The lowest BCUT2D eigenvalue weighted by Crippen LogP contribution is -2.38. The van der Waals surface area contributed by atoms with Gasteiger partial charge in [0.25, 0.3) is 5.89 Å². The van der Waals surface area contributed by atoms with E-state index in [0.29, 0.717) is 12.3 Å². The van der Waals surface area contributed by atoms with E-state index in [4.69, 9.17) is 9.26 Å². The lowest BCUT2D eigenvalue weighted by molar-refractivity contribution is -0.138. The van der Waals surface area contributed by atoms with Crippen LogP contribution in [0.15, 0.2) is 22.7 Å². The topological polar surface area (TPSA) is 88.7 Å². The van der Waals surface area contributed by atoms with Crippen LogP contribution in [-0.2, 0) is 17.3 Å². The minimum absolute atomic E-state index is 0.0314. The van der Waals surface area contributed by atoms with Crippen molar-refractivity contribution in [1.82, 2.24) is 15.0 Å². The Kier molecular flexibility index (Phi) is 7.13. The lowest BCUT2D eigenvalue weighted by Gasteiger charge is -2.27. The SMILES string of the molecule is CC(C)(C)OC(=O)N1CC[C@H](O)[C@H]1c1nc(-c2ccc(CCC3CCCC3)c(C(F)(F)F)c2)no1. The minimum atomic E-state index is -4.51. The van der Waals surface area contributed by atoms with E-state index in [1.54, 1.807) is 26.8 Å². The maximum atomic E-state index is 13.9. The standard InChI is InChI=1S/C25H32F3N3O4/c1-24(2,3)34-23(33)31-13-12-19(32)20(31)22-29-21(30-35-22)17-11-10-16(18(14-17)25(26,27)28)9-8-15-6-4-5-7-15/h10-11,14-15,19-20,32H,4-9,12-13H2,1-3H3/t19-,20-/m0/s1. The Hall–Kier alpha value is -2.62. The first-order chi connectivity index (χ1) is 16.4. The number of aromatic nitrogens is 2. The van der Waals surface area contributed by atoms with E-state index in [2.05, 4.69) is 10.1 Å². The molecule has 0 unspecified atom stereocenters. The summed E-state index contributed by atoms with van der Waals surface area (Å²) in [6.07, 6.45) is -0.238. The molecule has 1 N–H and O–H groups in total. The number of rotatable bonds is 5. The van der Waals surface area contributed by atoms with Gasteiger partial charge in [-0.2, -0.15) is 18.2 Å². The number of aliphatic hydroxyl groups excluding tert-OH is 1. The predicted octanol–water partition coefficient (Wildman–Crippen LogP) is 5.92. The third kappa shape index (κ3) is 5.97. The van der Waals surface area contributed by atoms with E-state index in [1.807, 2.05) is 0 Å². The van der Waals surface area contributed by atoms with Gasteiger partial charge in [0.1, 0.15) is 11.6 Å². The Morgan fingerprint density at radius 2 is 1.91 bits per heavy atom. The van der Waals surface area contributed by atoms with Crippen LogP contribution in [0.1, 0.15) is 82.4 Å². The van der Waals surface area contributed by atoms with Crippen molar-refractivity contribution >= 4 is 6.09 Å². The van der Waals surface area contributed by atoms with E-state index in [1.165, 1.54) is 11.0 Å². The van der Waals surface area contributed by atoms with Gasteiger partial charge in [0.2, 0.25) is 5.82 Å². The number of ether oxygens (including phenoxy) is 1. The van der Waals surface area contributed by atoms with E-state index in [9.17, 15) is 23.1 Å². The summed E-state index contributed by atoms with van der Waals surface area (Å²) in [6, 6.07) is 3.17. The highest BCUT2D eigenvalue weighted by Crippen LogP contribution is 2.38. The summed E-state index contributed by atoms with van der Waals surface area (Å²) in [5, 5.41) is 14.3. The average molecular weight is 496 g/mol.